The summed E-state index contributed by atoms with van der Waals surface area (Å²) in [7, 11) is -3.36. The van der Waals surface area contributed by atoms with Crippen molar-refractivity contribution in [1.29, 1.82) is 0 Å². The normalized spacial score (nSPS) is 38.7. The number of rotatable bonds is 3. The summed E-state index contributed by atoms with van der Waals surface area (Å²) in [6.45, 7) is 0.967. The molecule has 26 heavy (non-hydrogen) atoms. The standard InChI is InChI=1S/C21H27NO3S/c23-20(21-11-15-8-16(12-21)10-17(9-15)13-21)22-7-6-19(14-22)26(24,25)18-4-2-1-3-5-18/h1-5,15-17,19H,6-14H2. The van der Waals surface area contributed by atoms with Crippen LogP contribution in [0.4, 0.5) is 0 Å². The van der Waals surface area contributed by atoms with E-state index in [9.17, 15) is 13.2 Å². The molecular formula is C21H27NO3S. The van der Waals surface area contributed by atoms with Gasteiger partial charge in [-0.2, -0.15) is 0 Å². The van der Waals surface area contributed by atoms with Gasteiger partial charge in [0, 0.05) is 13.1 Å². The highest BCUT2D eigenvalue weighted by Crippen LogP contribution is 2.60. The van der Waals surface area contributed by atoms with Gasteiger partial charge in [0.1, 0.15) is 0 Å². The predicted octanol–water partition coefficient (Wildman–Crippen LogP) is 3.28. The first-order chi connectivity index (χ1) is 12.5. The summed E-state index contributed by atoms with van der Waals surface area (Å²) in [5, 5.41) is -0.456. The highest BCUT2D eigenvalue weighted by molar-refractivity contribution is 7.92. The molecule has 1 atom stereocenters. The third-order valence-corrected chi connectivity index (χ3v) is 9.63. The minimum Gasteiger partial charge on any atom is -0.341 e. The first-order valence-electron chi connectivity index (χ1n) is 10.0. The fourth-order valence-corrected chi connectivity index (χ4v) is 8.39. The zero-order chi connectivity index (χ0) is 17.9. The second kappa shape index (κ2) is 5.82. The van der Waals surface area contributed by atoms with Crippen molar-refractivity contribution in [2.75, 3.05) is 13.1 Å². The lowest BCUT2D eigenvalue weighted by atomic mass is 9.49. The summed E-state index contributed by atoms with van der Waals surface area (Å²) in [6.07, 6.45) is 7.65. The van der Waals surface area contributed by atoms with Crippen molar-refractivity contribution in [1.82, 2.24) is 4.90 Å². The number of hydrogen-bond acceptors (Lipinski definition) is 3. The smallest absolute Gasteiger partial charge is 0.228 e. The number of likely N-dealkylation sites (tertiary alicyclic amines) is 1. The van der Waals surface area contributed by atoms with E-state index in [4.69, 9.17) is 0 Å². The molecule has 4 nitrogen and oxygen atoms in total. The topological polar surface area (TPSA) is 54.5 Å². The molecule has 1 unspecified atom stereocenters. The molecule has 140 valence electrons. The minimum absolute atomic E-state index is 0.167. The number of carbonyl (C=O) groups is 1. The van der Waals surface area contributed by atoms with Crippen LogP contribution < -0.4 is 0 Å². The van der Waals surface area contributed by atoms with Crippen LogP contribution in [0, 0.1) is 23.2 Å². The van der Waals surface area contributed by atoms with E-state index in [2.05, 4.69) is 0 Å². The van der Waals surface area contributed by atoms with Crippen LogP contribution in [0.1, 0.15) is 44.9 Å². The molecule has 4 saturated carbocycles. The summed E-state index contributed by atoms with van der Waals surface area (Å²) in [6, 6.07) is 8.69. The van der Waals surface area contributed by atoms with Gasteiger partial charge in [-0.15, -0.1) is 0 Å². The van der Waals surface area contributed by atoms with Crippen molar-refractivity contribution in [3.63, 3.8) is 0 Å². The highest BCUT2D eigenvalue weighted by Gasteiger charge is 2.56. The lowest BCUT2D eigenvalue weighted by Gasteiger charge is -2.56. The van der Waals surface area contributed by atoms with Gasteiger partial charge in [0.15, 0.2) is 9.84 Å². The molecule has 1 aliphatic heterocycles. The first kappa shape index (κ1) is 16.8. The molecule has 0 aromatic heterocycles. The molecule has 6 rings (SSSR count). The fourth-order valence-electron chi connectivity index (χ4n) is 6.68. The summed E-state index contributed by atoms with van der Waals surface area (Å²) in [5.74, 6) is 2.47. The fraction of sp³-hybridized carbons (Fsp3) is 0.667. The van der Waals surface area contributed by atoms with E-state index in [1.54, 1.807) is 24.3 Å². The van der Waals surface area contributed by atoms with Crippen LogP contribution in [-0.2, 0) is 14.6 Å². The van der Waals surface area contributed by atoms with E-state index in [0.717, 1.165) is 37.0 Å². The van der Waals surface area contributed by atoms with Gasteiger partial charge < -0.3 is 4.90 Å². The van der Waals surface area contributed by atoms with Gasteiger partial charge in [-0.05, 0) is 74.8 Å². The van der Waals surface area contributed by atoms with Gasteiger partial charge in [0.2, 0.25) is 5.91 Å². The van der Waals surface area contributed by atoms with E-state index < -0.39 is 15.1 Å². The maximum absolute atomic E-state index is 13.4. The van der Waals surface area contributed by atoms with E-state index in [-0.39, 0.29) is 11.3 Å². The van der Waals surface area contributed by atoms with Gasteiger partial charge in [-0.1, -0.05) is 18.2 Å². The molecule has 1 heterocycles. The Bertz CT molecular complexity index is 782. The summed E-state index contributed by atoms with van der Waals surface area (Å²) in [4.78, 5) is 15.7. The molecule has 1 amide bonds. The molecule has 1 aromatic rings. The van der Waals surface area contributed by atoms with Gasteiger partial charge in [0.05, 0.1) is 15.6 Å². The van der Waals surface area contributed by atoms with Crippen molar-refractivity contribution < 1.29 is 13.2 Å². The van der Waals surface area contributed by atoms with Crippen molar-refractivity contribution in [2.45, 2.75) is 55.1 Å². The zero-order valence-corrected chi connectivity index (χ0v) is 16.0. The number of sulfone groups is 1. The molecule has 5 aliphatic rings. The van der Waals surface area contributed by atoms with Gasteiger partial charge in [0.25, 0.3) is 0 Å². The van der Waals surface area contributed by atoms with Gasteiger partial charge >= 0.3 is 0 Å². The van der Waals surface area contributed by atoms with Crippen LogP contribution in [0.3, 0.4) is 0 Å². The van der Waals surface area contributed by atoms with E-state index in [1.165, 1.54) is 19.3 Å². The molecule has 1 aromatic carbocycles. The van der Waals surface area contributed by atoms with Crippen LogP contribution in [0.5, 0.6) is 0 Å². The summed E-state index contributed by atoms with van der Waals surface area (Å²) >= 11 is 0. The maximum atomic E-state index is 13.4. The molecule has 1 saturated heterocycles. The summed E-state index contributed by atoms with van der Waals surface area (Å²) < 4.78 is 25.8. The summed E-state index contributed by atoms with van der Waals surface area (Å²) in [5.41, 5.74) is -0.167. The first-order valence-corrected chi connectivity index (χ1v) is 11.6. The van der Waals surface area contributed by atoms with E-state index in [0.29, 0.717) is 24.4 Å². The van der Waals surface area contributed by atoms with Crippen molar-refractivity contribution in [3.8, 4) is 0 Å². The molecule has 4 bridgehead atoms. The van der Waals surface area contributed by atoms with E-state index >= 15 is 0 Å². The number of carbonyl (C=O) groups excluding carboxylic acids is 1. The lowest BCUT2D eigenvalue weighted by Crippen LogP contribution is -2.54. The Morgan fingerprint density at radius 3 is 2.12 bits per heavy atom. The Hall–Kier alpha value is -1.36. The lowest BCUT2D eigenvalue weighted by molar-refractivity contribution is -0.156. The van der Waals surface area contributed by atoms with Crippen molar-refractivity contribution in [3.05, 3.63) is 30.3 Å². The largest absolute Gasteiger partial charge is 0.341 e. The van der Waals surface area contributed by atoms with Crippen molar-refractivity contribution >= 4 is 15.7 Å². The Morgan fingerprint density at radius 1 is 0.962 bits per heavy atom. The number of hydrogen-bond donors (Lipinski definition) is 0. The maximum Gasteiger partial charge on any atom is 0.228 e. The molecule has 0 radical (unpaired) electrons. The number of amides is 1. The average Bonchev–Trinajstić information content (AvgIpc) is 3.11. The van der Waals surface area contributed by atoms with Crippen LogP contribution >= 0.6 is 0 Å². The second-order valence-corrected chi connectivity index (χ2v) is 11.4. The molecule has 4 aliphatic carbocycles. The zero-order valence-electron chi connectivity index (χ0n) is 15.1. The monoisotopic (exact) mass is 373 g/mol. The van der Waals surface area contributed by atoms with Crippen LogP contribution in [-0.4, -0.2) is 37.6 Å². The van der Waals surface area contributed by atoms with Crippen LogP contribution in [0.25, 0.3) is 0 Å². The number of benzene rings is 1. The van der Waals surface area contributed by atoms with Gasteiger partial charge in [-0.25, -0.2) is 8.42 Å². The highest BCUT2D eigenvalue weighted by atomic mass is 32.2. The molecular weight excluding hydrogens is 346 g/mol. The molecule has 5 fully saturated rings. The molecule has 0 N–H and O–H groups in total. The second-order valence-electron chi connectivity index (χ2n) is 9.22. The quantitative estimate of drug-likeness (QED) is 0.817. The SMILES string of the molecule is O=C(N1CCC(S(=O)(=O)c2ccccc2)C1)C12CC3CC(CC(C3)C1)C2. The average molecular weight is 374 g/mol. The molecule has 0 spiro atoms. The Labute approximate surface area is 155 Å². The van der Waals surface area contributed by atoms with Crippen molar-refractivity contribution in [2.24, 2.45) is 23.2 Å². The minimum atomic E-state index is -3.36. The third kappa shape index (κ3) is 2.54. The van der Waals surface area contributed by atoms with E-state index in [1.807, 2.05) is 11.0 Å². The Kier molecular flexibility index (Phi) is 3.76. The van der Waals surface area contributed by atoms with Gasteiger partial charge in [-0.3, -0.25) is 4.79 Å². The molecule has 5 heteroatoms. The Balaban J connectivity index is 1.34. The number of nitrogens with zero attached hydrogens (tertiary/aromatic N) is 1. The Morgan fingerprint density at radius 2 is 1.54 bits per heavy atom. The van der Waals surface area contributed by atoms with Crippen LogP contribution in [0.15, 0.2) is 35.2 Å². The van der Waals surface area contributed by atoms with Crippen LogP contribution in [0.2, 0.25) is 0 Å². The third-order valence-electron chi connectivity index (χ3n) is 7.43. The predicted molar refractivity (Wildman–Crippen MR) is 99.2 cm³/mol.